The van der Waals surface area contributed by atoms with Gasteiger partial charge in [0.25, 0.3) is 11.4 Å². The van der Waals surface area contributed by atoms with Gasteiger partial charge in [-0.15, -0.1) is 10.2 Å². The van der Waals surface area contributed by atoms with E-state index in [0.717, 1.165) is 5.69 Å². The average Bonchev–Trinajstić information content (AvgIpc) is 3.04. The summed E-state index contributed by atoms with van der Waals surface area (Å²) in [7, 11) is 0. The third-order valence-corrected chi connectivity index (χ3v) is 3.17. The molecule has 0 aliphatic rings. The van der Waals surface area contributed by atoms with Crippen LogP contribution in [0.5, 0.6) is 0 Å². The van der Waals surface area contributed by atoms with Gasteiger partial charge in [-0.3, -0.25) is 4.79 Å². The van der Waals surface area contributed by atoms with Crippen LogP contribution in [0.25, 0.3) is 17.1 Å². The lowest BCUT2D eigenvalue weighted by Gasteiger charge is -2.03. The fourth-order valence-electron chi connectivity index (χ4n) is 2.16. The second-order valence-corrected chi connectivity index (χ2v) is 4.42. The number of aromatic carboxylic acids is 1. The second-order valence-electron chi connectivity index (χ2n) is 4.42. The topological polar surface area (TPSA) is 126 Å². The minimum Gasteiger partial charge on any atom is -0.474 e. The number of aryl methyl sites for hydroxylation is 1. The number of hydrogen-bond acceptors (Lipinski definition) is 6. The third kappa shape index (κ3) is 1.90. The number of carboxylic acids is 1. The number of carbonyl (C=O) groups is 1. The van der Waals surface area contributed by atoms with E-state index in [1.54, 1.807) is 6.92 Å². The fraction of sp³-hybridized carbons (Fsp3) is 0.250. The van der Waals surface area contributed by atoms with Crippen LogP contribution in [0, 0.1) is 6.92 Å². The summed E-state index contributed by atoms with van der Waals surface area (Å²) in [5.41, 5.74) is 1.88. The van der Waals surface area contributed by atoms with E-state index in [1.807, 2.05) is 6.92 Å². The molecule has 0 fully saturated rings. The van der Waals surface area contributed by atoms with Crippen LogP contribution in [0.4, 0.5) is 0 Å². The molecule has 21 heavy (non-hydrogen) atoms. The van der Waals surface area contributed by atoms with Crippen molar-refractivity contribution in [2.45, 2.75) is 20.3 Å². The Kier molecular flexibility index (Phi) is 2.82. The highest BCUT2D eigenvalue weighted by molar-refractivity contribution is 5.82. The molecule has 3 rings (SSSR count). The molecule has 0 unspecified atom stereocenters. The van der Waals surface area contributed by atoms with Gasteiger partial charge in [-0.05, 0) is 13.3 Å². The Morgan fingerprint density at radius 3 is 2.86 bits per heavy atom. The summed E-state index contributed by atoms with van der Waals surface area (Å²) in [6, 6.07) is 0. The quantitative estimate of drug-likeness (QED) is 0.724. The number of hydrogen-bond donors (Lipinski definition) is 2. The van der Waals surface area contributed by atoms with E-state index in [1.165, 1.54) is 10.7 Å². The Labute approximate surface area is 117 Å². The Morgan fingerprint density at radius 2 is 2.24 bits per heavy atom. The lowest BCUT2D eigenvalue weighted by atomic mass is 10.2. The van der Waals surface area contributed by atoms with E-state index >= 15 is 0 Å². The lowest BCUT2D eigenvalue weighted by molar-refractivity contribution is 0.0654. The van der Waals surface area contributed by atoms with Crippen molar-refractivity contribution in [3.05, 3.63) is 33.7 Å². The number of nitrogens with one attached hydrogen (secondary N) is 1. The average molecular weight is 289 g/mol. The molecule has 0 atom stereocenters. The highest BCUT2D eigenvalue weighted by Crippen LogP contribution is 2.21. The van der Waals surface area contributed by atoms with Crippen LogP contribution in [0.1, 0.15) is 28.9 Å². The number of carboxylic acid groups (broad SMARTS) is 1. The Morgan fingerprint density at radius 1 is 1.48 bits per heavy atom. The van der Waals surface area contributed by atoms with E-state index in [-0.39, 0.29) is 11.4 Å². The summed E-state index contributed by atoms with van der Waals surface area (Å²) in [5, 5.41) is 19.9. The van der Waals surface area contributed by atoms with Crippen molar-refractivity contribution in [3.8, 4) is 11.5 Å². The van der Waals surface area contributed by atoms with Gasteiger partial charge < -0.3 is 14.5 Å². The van der Waals surface area contributed by atoms with Gasteiger partial charge in [-0.2, -0.15) is 9.61 Å². The van der Waals surface area contributed by atoms with E-state index in [2.05, 4.69) is 20.3 Å². The Balaban J connectivity index is 2.25. The predicted molar refractivity (Wildman–Crippen MR) is 70.2 cm³/mol. The van der Waals surface area contributed by atoms with Gasteiger partial charge in [0, 0.05) is 11.3 Å². The van der Waals surface area contributed by atoms with E-state index in [9.17, 15) is 9.59 Å². The van der Waals surface area contributed by atoms with Crippen LogP contribution in [0.15, 0.2) is 15.4 Å². The minimum absolute atomic E-state index is 0.0123. The van der Waals surface area contributed by atoms with Crippen LogP contribution < -0.4 is 5.56 Å². The second kappa shape index (κ2) is 4.54. The van der Waals surface area contributed by atoms with Crippen molar-refractivity contribution in [2.75, 3.05) is 0 Å². The number of fused-ring (bicyclic) bond motifs is 1. The number of nitrogens with zero attached hydrogens (tertiary/aromatic N) is 4. The van der Waals surface area contributed by atoms with Crippen molar-refractivity contribution < 1.29 is 14.3 Å². The molecule has 0 saturated carbocycles. The van der Waals surface area contributed by atoms with Crippen LogP contribution in [0.3, 0.4) is 0 Å². The summed E-state index contributed by atoms with van der Waals surface area (Å²) >= 11 is 0. The molecule has 2 N–H and O–H groups in total. The van der Waals surface area contributed by atoms with Gasteiger partial charge in [0.1, 0.15) is 11.2 Å². The highest BCUT2D eigenvalue weighted by atomic mass is 16.4. The Bertz CT molecular complexity index is 904. The molecule has 9 heteroatoms. The van der Waals surface area contributed by atoms with Gasteiger partial charge in [-0.25, -0.2) is 4.79 Å². The first-order chi connectivity index (χ1) is 10.0. The van der Waals surface area contributed by atoms with Crippen molar-refractivity contribution in [1.29, 1.82) is 0 Å². The maximum absolute atomic E-state index is 12.3. The SMILES string of the molecule is CCc1c(C)[nH]c2c(-c3nnc(C(=O)O)o3)cnn2c1=O. The molecule has 0 bridgehead atoms. The third-order valence-electron chi connectivity index (χ3n) is 3.17. The zero-order valence-corrected chi connectivity index (χ0v) is 11.2. The number of aromatic nitrogens is 5. The first-order valence-electron chi connectivity index (χ1n) is 6.19. The largest absolute Gasteiger partial charge is 0.474 e. The molecular weight excluding hydrogens is 278 g/mol. The van der Waals surface area contributed by atoms with Gasteiger partial charge in [0.15, 0.2) is 0 Å². The highest BCUT2D eigenvalue weighted by Gasteiger charge is 2.19. The molecule has 3 aromatic rings. The van der Waals surface area contributed by atoms with Gasteiger partial charge >= 0.3 is 11.9 Å². The van der Waals surface area contributed by atoms with Gasteiger partial charge in [-0.1, -0.05) is 6.92 Å². The van der Waals surface area contributed by atoms with Crippen LogP contribution >= 0.6 is 0 Å². The van der Waals surface area contributed by atoms with Crippen molar-refractivity contribution >= 4 is 11.6 Å². The van der Waals surface area contributed by atoms with Crippen LogP contribution in [0.2, 0.25) is 0 Å². The van der Waals surface area contributed by atoms with E-state index < -0.39 is 11.9 Å². The molecule has 0 aliphatic heterocycles. The van der Waals surface area contributed by atoms with Crippen molar-refractivity contribution in [1.82, 2.24) is 24.8 Å². The van der Waals surface area contributed by atoms with Gasteiger partial charge in [0.2, 0.25) is 0 Å². The number of rotatable bonds is 3. The maximum atomic E-state index is 12.3. The number of H-pyrrole nitrogens is 1. The lowest BCUT2D eigenvalue weighted by Crippen LogP contribution is -2.21. The molecular formula is C12H11N5O4. The molecule has 0 aromatic carbocycles. The summed E-state index contributed by atoms with van der Waals surface area (Å²) < 4.78 is 6.24. The van der Waals surface area contributed by atoms with Crippen LogP contribution in [-0.2, 0) is 6.42 Å². The smallest absolute Gasteiger partial charge is 0.393 e. The molecule has 0 amide bonds. The predicted octanol–water partition coefficient (Wildman–Crippen LogP) is 0.642. The summed E-state index contributed by atoms with van der Waals surface area (Å²) in [6.07, 6.45) is 1.96. The zero-order valence-electron chi connectivity index (χ0n) is 11.2. The Hall–Kier alpha value is -2.97. The molecule has 0 saturated heterocycles. The molecule has 3 heterocycles. The first-order valence-corrected chi connectivity index (χ1v) is 6.19. The normalized spacial score (nSPS) is 11.1. The molecule has 108 valence electrons. The summed E-state index contributed by atoms with van der Waals surface area (Å²) in [6.45, 7) is 3.67. The van der Waals surface area contributed by atoms with E-state index in [0.29, 0.717) is 23.2 Å². The fourth-order valence-corrected chi connectivity index (χ4v) is 2.16. The molecule has 0 spiro atoms. The molecule has 9 nitrogen and oxygen atoms in total. The summed E-state index contributed by atoms with van der Waals surface area (Å²) in [4.78, 5) is 26.1. The molecule has 0 radical (unpaired) electrons. The van der Waals surface area contributed by atoms with Crippen molar-refractivity contribution in [3.63, 3.8) is 0 Å². The summed E-state index contributed by atoms with van der Waals surface area (Å²) in [5.74, 6) is -1.85. The number of aromatic amines is 1. The standard InChI is InChI=1S/C12H11N5O4/c1-3-6-5(2)14-8-7(4-13-17(8)11(6)18)9-15-16-10(21-9)12(19)20/h4,14H,3H2,1-2H3,(H,19,20). The zero-order chi connectivity index (χ0) is 15.1. The van der Waals surface area contributed by atoms with Gasteiger partial charge in [0.05, 0.1) is 6.20 Å². The maximum Gasteiger partial charge on any atom is 0.393 e. The first kappa shape index (κ1) is 13.0. The van der Waals surface area contributed by atoms with Crippen molar-refractivity contribution in [2.24, 2.45) is 0 Å². The monoisotopic (exact) mass is 289 g/mol. The molecule has 3 aromatic heterocycles. The molecule has 0 aliphatic carbocycles. The van der Waals surface area contributed by atoms with Crippen LogP contribution in [-0.4, -0.2) is 35.9 Å². The minimum atomic E-state index is -1.32. The van der Waals surface area contributed by atoms with E-state index in [4.69, 9.17) is 9.52 Å².